The molecule has 3 nitrogen and oxygen atoms in total. The number of aromatic nitrogens is 3. The Kier molecular flexibility index (Phi) is 5.43. The third-order valence-corrected chi connectivity index (χ3v) is 6.13. The minimum absolute atomic E-state index is 0.00188. The second kappa shape index (κ2) is 8.41. The second-order valence-corrected chi connectivity index (χ2v) is 8.22. The van der Waals surface area contributed by atoms with Crippen LogP contribution in [0.15, 0.2) is 97.1 Å². The van der Waals surface area contributed by atoms with Gasteiger partial charge >= 0.3 is 0 Å². The lowest BCUT2D eigenvalue weighted by Gasteiger charge is -2.37. The zero-order valence-electron chi connectivity index (χ0n) is 17.8. The summed E-state index contributed by atoms with van der Waals surface area (Å²) in [6, 6.07) is 31.4. The average Bonchev–Trinajstić information content (AvgIpc) is 3.17. The van der Waals surface area contributed by atoms with Crippen LogP contribution in [0.2, 0.25) is 5.15 Å². The van der Waals surface area contributed by atoms with Gasteiger partial charge in [-0.15, -0.1) is 0 Å². The molecule has 0 amide bonds. The normalized spacial score (nSPS) is 11.9. The van der Waals surface area contributed by atoms with E-state index in [9.17, 15) is 8.78 Å². The quantitative estimate of drug-likeness (QED) is 0.206. The second-order valence-electron chi connectivity index (χ2n) is 7.83. The van der Waals surface area contributed by atoms with Gasteiger partial charge in [0.25, 0.3) is 6.43 Å². The van der Waals surface area contributed by atoms with Crippen LogP contribution in [-0.2, 0) is 5.54 Å². The summed E-state index contributed by atoms with van der Waals surface area (Å²) in [7, 11) is 0. The van der Waals surface area contributed by atoms with Crippen LogP contribution in [0.4, 0.5) is 8.78 Å². The Hall–Kier alpha value is -3.57. The average molecular weight is 460 g/mol. The van der Waals surface area contributed by atoms with Crippen molar-refractivity contribution in [1.29, 1.82) is 0 Å². The maximum atomic E-state index is 14.0. The maximum Gasteiger partial charge on any atom is 0.281 e. The van der Waals surface area contributed by atoms with Crippen molar-refractivity contribution in [3.05, 3.63) is 130 Å². The standard InChI is InChI=1S/C27H20ClF2N3/c1-18-24-22(17-23(28)31-25(24)26(29)30)33(32-18)27(19-11-5-2-6-12-19,20-13-7-3-8-14-20)21-15-9-4-10-16-21/h2-17,26H,1H3. The molecule has 0 bridgehead atoms. The summed E-state index contributed by atoms with van der Waals surface area (Å²) in [6.45, 7) is 1.73. The number of rotatable bonds is 5. The molecular weight excluding hydrogens is 440 g/mol. The number of pyridine rings is 1. The van der Waals surface area contributed by atoms with Crippen LogP contribution < -0.4 is 0 Å². The van der Waals surface area contributed by atoms with E-state index in [1.54, 1.807) is 13.0 Å². The molecule has 0 saturated carbocycles. The molecule has 0 N–H and O–H groups in total. The van der Waals surface area contributed by atoms with Crippen LogP contribution in [0, 0.1) is 6.92 Å². The molecular formula is C27H20ClF2N3. The molecule has 0 fully saturated rings. The van der Waals surface area contributed by atoms with Crippen LogP contribution >= 0.6 is 11.6 Å². The summed E-state index contributed by atoms with van der Waals surface area (Å²) in [5, 5.41) is 5.18. The smallest absolute Gasteiger partial charge is 0.245 e. The fraction of sp³-hybridized carbons (Fsp3) is 0.111. The summed E-state index contributed by atoms with van der Waals surface area (Å²) >= 11 is 6.25. The van der Waals surface area contributed by atoms with E-state index in [0.717, 1.165) is 16.7 Å². The zero-order chi connectivity index (χ0) is 23.0. The summed E-state index contributed by atoms with van der Waals surface area (Å²) in [5.74, 6) is 0. The van der Waals surface area contributed by atoms with Crippen LogP contribution in [0.1, 0.15) is 34.5 Å². The Bertz CT molecular complexity index is 1300. The highest BCUT2D eigenvalue weighted by Gasteiger charge is 2.41. The number of alkyl halides is 2. The third-order valence-electron chi connectivity index (χ3n) is 5.93. The van der Waals surface area contributed by atoms with Crippen molar-refractivity contribution in [3.8, 4) is 0 Å². The Balaban J connectivity index is 2.00. The number of benzene rings is 3. The number of hydrogen-bond donors (Lipinski definition) is 0. The van der Waals surface area contributed by atoms with E-state index in [2.05, 4.69) is 4.98 Å². The topological polar surface area (TPSA) is 30.7 Å². The Morgan fingerprint density at radius 2 is 1.24 bits per heavy atom. The maximum absolute atomic E-state index is 14.0. The molecule has 2 heterocycles. The fourth-order valence-electron chi connectivity index (χ4n) is 4.63. The van der Waals surface area contributed by atoms with Gasteiger partial charge in [-0.1, -0.05) is 103 Å². The molecule has 0 aliphatic heterocycles. The summed E-state index contributed by atoms with van der Waals surface area (Å²) in [5.41, 5.74) is 2.51. The molecule has 6 heteroatoms. The predicted octanol–water partition coefficient (Wildman–Crippen LogP) is 7.17. The minimum Gasteiger partial charge on any atom is -0.245 e. The van der Waals surface area contributed by atoms with E-state index >= 15 is 0 Å². The fourth-order valence-corrected chi connectivity index (χ4v) is 4.82. The SMILES string of the molecule is Cc1nn(C(c2ccccc2)(c2ccccc2)c2ccccc2)c2cc(Cl)nc(C(F)F)c12. The Morgan fingerprint density at radius 1 is 0.788 bits per heavy atom. The van der Waals surface area contributed by atoms with E-state index < -0.39 is 12.0 Å². The molecule has 0 aliphatic carbocycles. The van der Waals surface area contributed by atoms with E-state index in [4.69, 9.17) is 16.7 Å². The van der Waals surface area contributed by atoms with Crippen molar-refractivity contribution < 1.29 is 8.78 Å². The first-order valence-electron chi connectivity index (χ1n) is 10.5. The molecule has 0 unspecified atom stereocenters. The van der Waals surface area contributed by atoms with Gasteiger partial charge in [-0.3, -0.25) is 0 Å². The lowest BCUT2D eigenvalue weighted by molar-refractivity contribution is 0.148. The van der Waals surface area contributed by atoms with Crippen LogP contribution in [0.25, 0.3) is 10.9 Å². The number of halogens is 3. The van der Waals surface area contributed by atoms with Crippen molar-refractivity contribution >= 4 is 22.5 Å². The van der Waals surface area contributed by atoms with Gasteiger partial charge in [0, 0.05) is 6.07 Å². The van der Waals surface area contributed by atoms with Crippen LogP contribution in [0.3, 0.4) is 0 Å². The summed E-state index contributed by atoms with van der Waals surface area (Å²) in [6.07, 6.45) is -2.78. The summed E-state index contributed by atoms with van der Waals surface area (Å²) in [4.78, 5) is 3.94. The van der Waals surface area contributed by atoms with Gasteiger partial charge in [0.05, 0.1) is 16.6 Å². The molecule has 0 saturated heterocycles. The highest BCUT2D eigenvalue weighted by atomic mass is 35.5. The van der Waals surface area contributed by atoms with Gasteiger partial charge in [0.2, 0.25) is 0 Å². The van der Waals surface area contributed by atoms with Crippen molar-refractivity contribution in [2.24, 2.45) is 0 Å². The lowest BCUT2D eigenvalue weighted by Crippen LogP contribution is -2.38. The van der Waals surface area contributed by atoms with Gasteiger partial charge in [-0.25, -0.2) is 18.4 Å². The number of hydrogen-bond acceptors (Lipinski definition) is 2. The van der Waals surface area contributed by atoms with Crippen LogP contribution in [-0.4, -0.2) is 14.8 Å². The number of fused-ring (bicyclic) bond motifs is 1. The molecule has 2 aromatic heterocycles. The monoisotopic (exact) mass is 459 g/mol. The van der Waals surface area contributed by atoms with Crippen LogP contribution in [0.5, 0.6) is 0 Å². The highest BCUT2D eigenvalue weighted by molar-refractivity contribution is 6.30. The zero-order valence-corrected chi connectivity index (χ0v) is 18.5. The van der Waals surface area contributed by atoms with Crippen molar-refractivity contribution in [2.75, 3.05) is 0 Å². The molecule has 3 aromatic carbocycles. The molecule has 0 radical (unpaired) electrons. The van der Waals surface area contributed by atoms with E-state index in [1.165, 1.54) is 0 Å². The lowest BCUT2D eigenvalue weighted by atomic mass is 9.77. The summed E-state index contributed by atoms with van der Waals surface area (Å²) < 4.78 is 29.8. The molecule has 33 heavy (non-hydrogen) atoms. The first-order chi connectivity index (χ1) is 16.0. The molecule has 164 valence electrons. The predicted molar refractivity (Wildman–Crippen MR) is 127 cm³/mol. The van der Waals surface area contributed by atoms with Gasteiger partial charge in [0.15, 0.2) is 0 Å². The largest absolute Gasteiger partial charge is 0.281 e. The minimum atomic E-state index is -2.78. The molecule has 0 spiro atoms. The first kappa shape index (κ1) is 21.3. The first-order valence-corrected chi connectivity index (χ1v) is 10.9. The molecule has 5 rings (SSSR count). The molecule has 0 atom stereocenters. The van der Waals surface area contributed by atoms with Crippen molar-refractivity contribution in [3.63, 3.8) is 0 Å². The molecule has 5 aromatic rings. The Morgan fingerprint density at radius 3 is 1.67 bits per heavy atom. The third kappa shape index (κ3) is 3.40. The van der Waals surface area contributed by atoms with Gasteiger partial charge in [-0.2, -0.15) is 5.10 Å². The van der Waals surface area contributed by atoms with E-state index in [0.29, 0.717) is 16.6 Å². The van der Waals surface area contributed by atoms with Crippen molar-refractivity contribution in [1.82, 2.24) is 14.8 Å². The Labute approximate surface area is 195 Å². The number of aryl methyl sites for hydroxylation is 1. The highest BCUT2D eigenvalue weighted by Crippen LogP contribution is 2.43. The van der Waals surface area contributed by atoms with E-state index in [-0.39, 0.29) is 10.8 Å². The molecule has 0 aliphatic rings. The van der Waals surface area contributed by atoms with Crippen molar-refractivity contribution in [2.45, 2.75) is 18.9 Å². The van der Waals surface area contributed by atoms with Gasteiger partial charge in [0.1, 0.15) is 16.4 Å². The van der Waals surface area contributed by atoms with Gasteiger partial charge in [-0.05, 0) is 23.6 Å². The van der Waals surface area contributed by atoms with Gasteiger partial charge < -0.3 is 0 Å². The number of nitrogens with zero attached hydrogens (tertiary/aromatic N) is 3. The van der Waals surface area contributed by atoms with E-state index in [1.807, 2.05) is 95.7 Å².